The van der Waals surface area contributed by atoms with Crippen molar-refractivity contribution in [3.63, 3.8) is 0 Å². The van der Waals surface area contributed by atoms with Crippen LogP contribution in [0, 0.1) is 0 Å². The van der Waals surface area contributed by atoms with Gasteiger partial charge in [-0.1, -0.05) is 25.0 Å². The summed E-state index contributed by atoms with van der Waals surface area (Å²) in [4.78, 5) is 4.51. The van der Waals surface area contributed by atoms with Crippen LogP contribution >= 0.6 is 11.3 Å². The maximum Gasteiger partial charge on any atom is 0.416 e. The van der Waals surface area contributed by atoms with E-state index < -0.39 is 11.7 Å². The minimum atomic E-state index is -4.35. The summed E-state index contributed by atoms with van der Waals surface area (Å²) in [5.41, 5.74) is 6.22. The lowest BCUT2D eigenvalue weighted by atomic mass is 10.1. The summed E-state index contributed by atoms with van der Waals surface area (Å²) < 4.78 is 38.4. The first kappa shape index (κ1) is 14.4. The number of hydrogen-bond donors (Lipinski definition) is 1. The fraction of sp³-hybridized carbons (Fsp3) is 0.400. The summed E-state index contributed by atoms with van der Waals surface area (Å²) in [6, 6.07) is 5.19. The van der Waals surface area contributed by atoms with Crippen LogP contribution in [0.4, 0.5) is 18.2 Å². The molecule has 0 spiro atoms. The largest absolute Gasteiger partial charge is 0.416 e. The zero-order valence-electron chi connectivity index (χ0n) is 11.3. The molecule has 2 nitrogen and oxygen atoms in total. The normalized spacial score (nSPS) is 16.5. The Morgan fingerprint density at radius 3 is 2.57 bits per heavy atom. The average molecular weight is 312 g/mol. The van der Waals surface area contributed by atoms with Crippen LogP contribution in [-0.2, 0) is 6.18 Å². The summed E-state index contributed by atoms with van der Waals surface area (Å²) in [5, 5.41) is 1.45. The van der Waals surface area contributed by atoms with E-state index in [-0.39, 0.29) is 0 Å². The standard InChI is InChI=1S/C15H15F3N2S/c16-15(17,18)11-7-3-6-10(8-11)12-13(19)21-14(20-12)9-4-1-2-5-9/h3,6-9H,1-2,4-5,19H2. The molecule has 2 aromatic rings. The molecule has 0 bridgehead atoms. The third-order valence-corrected chi connectivity index (χ3v) is 4.88. The molecule has 2 N–H and O–H groups in total. The third-order valence-electron chi connectivity index (χ3n) is 3.84. The van der Waals surface area contributed by atoms with Gasteiger partial charge in [0, 0.05) is 11.5 Å². The van der Waals surface area contributed by atoms with Gasteiger partial charge >= 0.3 is 6.18 Å². The number of aromatic nitrogens is 1. The Labute approximate surface area is 124 Å². The Hall–Kier alpha value is -1.56. The number of alkyl halides is 3. The molecule has 1 saturated carbocycles. The predicted octanol–water partition coefficient (Wildman–Crippen LogP) is 5.07. The number of thiazole rings is 1. The quantitative estimate of drug-likeness (QED) is 0.841. The number of halogens is 3. The molecule has 1 heterocycles. The molecular weight excluding hydrogens is 297 g/mol. The zero-order chi connectivity index (χ0) is 15.0. The van der Waals surface area contributed by atoms with Gasteiger partial charge < -0.3 is 5.73 Å². The number of hydrogen-bond acceptors (Lipinski definition) is 3. The van der Waals surface area contributed by atoms with Crippen molar-refractivity contribution < 1.29 is 13.2 Å². The lowest BCUT2D eigenvalue weighted by Gasteiger charge is -2.08. The second-order valence-electron chi connectivity index (χ2n) is 5.32. The molecule has 0 radical (unpaired) electrons. The number of nitrogen functional groups attached to an aromatic ring is 1. The van der Waals surface area contributed by atoms with Crippen LogP contribution in [0.3, 0.4) is 0 Å². The lowest BCUT2D eigenvalue weighted by molar-refractivity contribution is -0.137. The lowest BCUT2D eigenvalue weighted by Crippen LogP contribution is -2.04. The highest BCUT2D eigenvalue weighted by Crippen LogP contribution is 2.41. The molecule has 1 aliphatic carbocycles. The highest BCUT2D eigenvalue weighted by Gasteiger charge is 2.31. The Bertz CT molecular complexity index is 643. The van der Waals surface area contributed by atoms with Crippen molar-refractivity contribution in [2.75, 3.05) is 5.73 Å². The Balaban J connectivity index is 1.97. The van der Waals surface area contributed by atoms with Gasteiger partial charge in [-0.3, -0.25) is 0 Å². The van der Waals surface area contributed by atoms with Gasteiger partial charge in [0.15, 0.2) is 0 Å². The molecule has 3 rings (SSSR count). The van der Waals surface area contributed by atoms with E-state index in [1.807, 2.05) is 0 Å². The van der Waals surface area contributed by atoms with Crippen LogP contribution in [0.5, 0.6) is 0 Å². The van der Waals surface area contributed by atoms with E-state index >= 15 is 0 Å². The minimum absolute atomic E-state index is 0.414. The zero-order valence-corrected chi connectivity index (χ0v) is 12.1. The van der Waals surface area contributed by atoms with E-state index in [1.54, 1.807) is 6.07 Å². The van der Waals surface area contributed by atoms with Gasteiger partial charge in [0.25, 0.3) is 0 Å². The van der Waals surface area contributed by atoms with Gasteiger partial charge in [0.05, 0.1) is 10.6 Å². The van der Waals surface area contributed by atoms with Crippen LogP contribution in [-0.4, -0.2) is 4.98 Å². The van der Waals surface area contributed by atoms with E-state index in [1.165, 1.54) is 30.2 Å². The average Bonchev–Trinajstić information content (AvgIpc) is 3.07. The fourth-order valence-electron chi connectivity index (χ4n) is 2.75. The first-order valence-corrected chi connectivity index (χ1v) is 7.70. The maximum absolute atomic E-state index is 12.8. The van der Waals surface area contributed by atoms with Crippen LogP contribution in [0.15, 0.2) is 24.3 Å². The van der Waals surface area contributed by atoms with Crippen molar-refractivity contribution in [2.45, 2.75) is 37.8 Å². The van der Waals surface area contributed by atoms with Gasteiger partial charge in [-0.05, 0) is 25.0 Å². The second kappa shape index (κ2) is 5.33. The number of nitrogens with two attached hydrogens (primary N) is 1. The van der Waals surface area contributed by atoms with Crippen LogP contribution in [0.25, 0.3) is 11.3 Å². The summed E-state index contributed by atoms with van der Waals surface area (Å²) in [5.74, 6) is 0.414. The van der Waals surface area contributed by atoms with Crippen LogP contribution in [0.1, 0.15) is 42.2 Å². The maximum atomic E-state index is 12.8. The molecule has 21 heavy (non-hydrogen) atoms. The molecule has 1 aliphatic rings. The molecule has 0 saturated heterocycles. The van der Waals surface area contributed by atoms with Crippen molar-refractivity contribution in [3.05, 3.63) is 34.8 Å². The molecule has 1 aromatic carbocycles. The van der Waals surface area contributed by atoms with E-state index in [0.29, 0.717) is 22.2 Å². The van der Waals surface area contributed by atoms with Crippen molar-refractivity contribution in [1.82, 2.24) is 4.98 Å². The molecule has 0 amide bonds. The number of nitrogens with zero attached hydrogens (tertiary/aromatic N) is 1. The second-order valence-corrected chi connectivity index (χ2v) is 6.39. The van der Waals surface area contributed by atoms with Gasteiger partial charge in [-0.2, -0.15) is 13.2 Å². The topological polar surface area (TPSA) is 38.9 Å². The molecule has 0 atom stereocenters. The molecule has 112 valence electrons. The van der Waals surface area contributed by atoms with Crippen LogP contribution in [0.2, 0.25) is 0 Å². The summed E-state index contributed by atoms with van der Waals surface area (Å²) in [7, 11) is 0. The van der Waals surface area contributed by atoms with Gasteiger partial charge in [-0.25, -0.2) is 4.98 Å². The Morgan fingerprint density at radius 1 is 1.19 bits per heavy atom. The Morgan fingerprint density at radius 2 is 1.90 bits per heavy atom. The van der Waals surface area contributed by atoms with Crippen molar-refractivity contribution >= 4 is 16.3 Å². The predicted molar refractivity (Wildman–Crippen MR) is 78.2 cm³/mol. The highest BCUT2D eigenvalue weighted by molar-refractivity contribution is 7.16. The van der Waals surface area contributed by atoms with Crippen molar-refractivity contribution in [2.24, 2.45) is 0 Å². The fourth-order valence-corrected chi connectivity index (χ4v) is 3.77. The summed E-state index contributed by atoms with van der Waals surface area (Å²) in [6.45, 7) is 0. The minimum Gasteiger partial charge on any atom is -0.389 e. The number of benzene rings is 1. The molecule has 0 unspecified atom stereocenters. The molecular formula is C15H15F3N2S. The SMILES string of the molecule is Nc1sc(C2CCCC2)nc1-c1cccc(C(F)(F)F)c1. The van der Waals surface area contributed by atoms with Gasteiger partial charge in [-0.15, -0.1) is 11.3 Å². The first-order chi connectivity index (χ1) is 9.95. The van der Waals surface area contributed by atoms with Crippen molar-refractivity contribution in [3.8, 4) is 11.3 Å². The number of anilines is 1. The monoisotopic (exact) mass is 312 g/mol. The summed E-state index contributed by atoms with van der Waals surface area (Å²) >= 11 is 1.41. The Kier molecular flexibility index (Phi) is 3.65. The molecule has 0 aliphatic heterocycles. The van der Waals surface area contributed by atoms with E-state index in [4.69, 9.17) is 5.73 Å². The number of rotatable bonds is 2. The molecule has 1 fully saturated rings. The van der Waals surface area contributed by atoms with Crippen molar-refractivity contribution in [1.29, 1.82) is 0 Å². The first-order valence-electron chi connectivity index (χ1n) is 6.89. The highest BCUT2D eigenvalue weighted by atomic mass is 32.1. The van der Waals surface area contributed by atoms with Gasteiger partial charge in [0.2, 0.25) is 0 Å². The van der Waals surface area contributed by atoms with Crippen LogP contribution < -0.4 is 5.73 Å². The third kappa shape index (κ3) is 2.90. The smallest absolute Gasteiger partial charge is 0.389 e. The van der Waals surface area contributed by atoms with E-state index in [9.17, 15) is 13.2 Å². The van der Waals surface area contributed by atoms with Gasteiger partial charge in [0.1, 0.15) is 10.7 Å². The molecule has 6 heteroatoms. The molecule has 1 aromatic heterocycles. The van der Waals surface area contributed by atoms with E-state index in [0.717, 1.165) is 30.0 Å². The summed E-state index contributed by atoms with van der Waals surface area (Å²) in [6.07, 6.45) is 0.200. The van der Waals surface area contributed by atoms with E-state index in [2.05, 4.69) is 4.98 Å².